The molecule has 2 saturated heterocycles. The summed E-state index contributed by atoms with van der Waals surface area (Å²) in [5, 5.41) is 0.890. The number of fused-ring (bicyclic) bond motifs is 2. The average Bonchev–Trinajstić information content (AvgIpc) is 3.06. The molecule has 0 saturated carbocycles. The van der Waals surface area contributed by atoms with Gasteiger partial charge in [-0.1, -0.05) is 13.8 Å². The summed E-state index contributed by atoms with van der Waals surface area (Å²) in [6.45, 7) is 7.75. The summed E-state index contributed by atoms with van der Waals surface area (Å²) in [5.41, 5.74) is 2.09. The number of piperazine rings is 1. The van der Waals surface area contributed by atoms with Crippen LogP contribution in [0.4, 0.5) is 4.39 Å². The van der Waals surface area contributed by atoms with E-state index >= 15 is 0 Å². The predicted octanol–water partition coefficient (Wildman–Crippen LogP) is 2.26. The van der Waals surface area contributed by atoms with Gasteiger partial charge in [0.2, 0.25) is 0 Å². The zero-order chi connectivity index (χ0) is 19.3. The lowest BCUT2D eigenvalue weighted by atomic mass is 10.0. The van der Waals surface area contributed by atoms with E-state index in [0.29, 0.717) is 12.5 Å². The number of benzene rings is 1. The van der Waals surface area contributed by atoms with Crippen molar-refractivity contribution in [1.29, 1.82) is 0 Å². The minimum absolute atomic E-state index is 0.0391. The molecule has 5 nitrogen and oxygen atoms in total. The molecule has 0 unspecified atom stereocenters. The molecule has 4 rings (SSSR count). The summed E-state index contributed by atoms with van der Waals surface area (Å²) in [5.74, 6) is 0.795. The molecule has 1 aromatic heterocycles. The van der Waals surface area contributed by atoms with Crippen LogP contribution in [0.15, 0.2) is 24.3 Å². The summed E-state index contributed by atoms with van der Waals surface area (Å²) < 4.78 is 40.4. The van der Waals surface area contributed by atoms with Gasteiger partial charge in [0.1, 0.15) is 5.82 Å². The maximum absolute atomic E-state index is 13.6. The first-order valence-electron chi connectivity index (χ1n) is 9.66. The van der Waals surface area contributed by atoms with Gasteiger partial charge in [-0.3, -0.25) is 9.80 Å². The van der Waals surface area contributed by atoms with Crippen LogP contribution in [-0.2, 0) is 23.4 Å². The van der Waals surface area contributed by atoms with Crippen molar-refractivity contribution in [3.63, 3.8) is 0 Å². The van der Waals surface area contributed by atoms with Gasteiger partial charge < -0.3 is 4.57 Å². The lowest BCUT2D eigenvalue weighted by Gasteiger charge is -2.44. The first-order valence-corrected chi connectivity index (χ1v) is 11.5. The van der Waals surface area contributed by atoms with Crippen LogP contribution in [0, 0.1) is 11.7 Å². The molecule has 0 spiro atoms. The van der Waals surface area contributed by atoms with Crippen molar-refractivity contribution in [1.82, 2.24) is 14.4 Å². The standard InChI is InChI=1S/C20H28FN3O2S/c1-14(2)10-23-6-7-24(20-13-27(25,26)12-19(20)23)11-17-9-15-8-16(21)4-5-18(15)22(17)3/h4-5,8-9,14,19-20H,6-7,10-13H2,1-3H3/t19-,20+/m1/s1. The SMILES string of the molecule is CC(C)CN1CCN(Cc2cc3cc(F)ccc3n2C)[C@H]2CS(=O)(=O)C[C@H]21. The van der Waals surface area contributed by atoms with Crippen LogP contribution in [-0.4, -0.2) is 66.0 Å². The van der Waals surface area contributed by atoms with Crippen LogP contribution < -0.4 is 0 Å². The third-order valence-corrected chi connectivity index (χ3v) is 7.67. The molecule has 0 aliphatic carbocycles. The Morgan fingerprint density at radius 2 is 1.78 bits per heavy atom. The molecule has 27 heavy (non-hydrogen) atoms. The minimum atomic E-state index is -3.00. The molecule has 0 bridgehead atoms. The van der Waals surface area contributed by atoms with Crippen molar-refractivity contribution >= 4 is 20.7 Å². The molecule has 2 aromatic rings. The molecular formula is C20H28FN3O2S. The lowest BCUT2D eigenvalue weighted by molar-refractivity contribution is 0.0326. The zero-order valence-electron chi connectivity index (χ0n) is 16.2. The largest absolute Gasteiger partial charge is 0.346 e. The second-order valence-corrected chi connectivity index (χ2v) is 10.6. The van der Waals surface area contributed by atoms with Gasteiger partial charge in [0.05, 0.1) is 11.5 Å². The molecule has 7 heteroatoms. The topological polar surface area (TPSA) is 45.5 Å². The van der Waals surface area contributed by atoms with Crippen LogP contribution in [0.1, 0.15) is 19.5 Å². The van der Waals surface area contributed by atoms with Crippen molar-refractivity contribution in [3.8, 4) is 0 Å². The Kier molecular flexibility index (Phi) is 4.81. The zero-order valence-corrected chi connectivity index (χ0v) is 17.0. The van der Waals surface area contributed by atoms with Gasteiger partial charge in [-0.25, -0.2) is 12.8 Å². The van der Waals surface area contributed by atoms with Crippen LogP contribution in [0.25, 0.3) is 10.9 Å². The number of hydrogen-bond donors (Lipinski definition) is 0. The number of aryl methyl sites for hydroxylation is 1. The predicted molar refractivity (Wildman–Crippen MR) is 106 cm³/mol. The first kappa shape index (κ1) is 18.9. The fraction of sp³-hybridized carbons (Fsp3) is 0.600. The van der Waals surface area contributed by atoms with E-state index in [0.717, 1.165) is 36.2 Å². The highest BCUT2D eigenvalue weighted by Crippen LogP contribution is 2.30. The summed E-state index contributed by atoms with van der Waals surface area (Å²) >= 11 is 0. The van der Waals surface area contributed by atoms with Crippen LogP contribution in [0.5, 0.6) is 0 Å². The normalized spacial score (nSPS) is 26.1. The molecule has 2 fully saturated rings. The third-order valence-electron chi connectivity index (χ3n) is 5.97. The smallest absolute Gasteiger partial charge is 0.153 e. The Labute approximate surface area is 160 Å². The average molecular weight is 394 g/mol. The molecular weight excluding hydrogens is 365 g/mol. The van der Waals surface area contributed by atoms with E-state index in [-0.39, 0.29) is 29.4 Å². The summed E-state index contributed by atoms with van der Waals surface area (Å²) in [4.78, 5) is 4.68. The van der Waals surface area contributed by atoms with Gasteiger partial charge in [0.25, 0.3) is 0 Å². The van der Waals surface area contributed by atoms with Gasteiger partial charge in [-0.15, -0.1) is 0 Å². The van der Waals surface area contributed by atoms with Crippen LogP contribution >= 0.6 is 0 Å². The molecule has 148 valence electrons. The monoisotopic (exact) mass is 393 g/mol. The lowest BCUT2D eigenvalue weighted by Crippen LogP contribution is -2.59. The molecule has 2 atom stereocenters. The van der Waals surface area contributed by atoms with Gasteiger partial charge in [0.15, 0.2) is 9.84 Å². The van der Waals surface area contributed by atoms with Crippen molar-refractivity contribution in [3.05, 3.63) is 35.8 Å². The summed E-state index contributed by atoms with van der Waals surface area (Å²) in [6, 6.07) is 6.99. The number of hydrogen-bond acceptors (Lipinski definition) is 4. The number of nitrogens with zero attached hydrogens (tertiary/aromatic N) is 3. The molecule has 2 aliphatic heterocycles. The maximum Gasteiger partial charge on any atom is 0.153 e. The quantitative estimate of drug-likeness (QED) is 0.799. The molecule has 1 aromatic carbocycles. The van der Waals surface area contributed by atoms with Crippen molar-refractivity contribution in [2.24, 2.45) is 13.0 Å². The van der Waals surface area contributed by atoms with E-state index in [4.69, 9.17) is 0 Å². The van der Waals surface area contributed by atoms with Gasteiger partial charge >= 0.3 is 0 Å². The summed E-state index contributed by atoms with van der Waals surface area (Å²) in [7, 11) is -1.01. The van der Waals surface area contributed by atoms with E-state index in [9.17, 15) is 12.8 Å². The van der Waals surface area contributed by atoms with E-state index in [1.165, 1.54) is 6.07 Å². The van der Waals surface area contributed by atoms with E-state index in [1.807, 2.05) is 13.1 Å². The maximum atomic E-state index is 13.6. The van der Waals surface area contributed by atoms with Crippen LogP contribution in [0.3, 0.4) is 0 Å². The fourth-order valence-electron chi connectivity index (χ4n) is 4.73. The highest BCUT2D eigenvalue weighted by atomic mass is 32.2. The van der Waals surface area contributed by atoms with Crippen molar-refractivity contribution in [2.45, 2.75) is 32.5 Å². The molecule has 2 aliphatic rings. The van der Waals surface area contributed by atoms with Crippen molar-refractivity contribution < 1.29 is 12.8 Å². The second-order valence-electron chi connectivity index (χ2n) is 8.47. The van der Waals surface area contributed by atoms with Gasteiger partial charge in [-0.05, 0) is 30.2 Å². The van der Waals surface area contributed by atoms with Gasteiger partial charge in [-0.2, -0.15) is 0 Å². The Morgan fingerprint density at radius 3 is 2.48 bits per heavy atom. The van der Waals surface area contributed by atoms with Crippen molar-refractivity contribution in [2.75, 3.05) is 31.1 Å². The fourth-order valence-corrected chi connectivity index (χ4v) is 6.77. The number of sulfone groups is 1. The molecule has 0 amide bonds. The molecule has 3 heterocycles. The van der Waals surface area contributed by atoms with E-state index in [2.05, 4.69) is 28.2 Å². The Bertz CT molecular complexity index is 954. The number of aromatic nitrogens is 1. The van der Waals surface area contributed by atoms with E-state index < -0.39 is 9.84 Å². The number of rotatable bonds is 4. The second kappa shape index (κ2) is 6.87. The van der Waals surface area contributed by atoms with E-state index in [1.54, 1.807) is 12.1 Å². The van der Waals surface area contributed by atoms with Crippen LogP contribution in [0.2, 0.25) is 0 Å². The Hall–Kier alpha value is -1.44. The number of halogens is 1. The molecule has 0 radical (unpaired) electrons. The molecule has 0 N–H and O–H groups in total. The third kappa shape index (κ3) is 3.65. The minimum Gasteiger partial charge on any atom is -0.346 e. The summed E-state index contributed by atoms with van der Waals surface area (Å²) in [6.07, 6.45) is 0. The first-order chi connectivity index (χ1) is 12.7. The van der Waals surface area contributed by atoms with Gasteiger partial charge in [0, 0.05) is 61.9 Å². The highest BCUT2D eigenvalue weighted by Gasteiger charge is 2.46. The Morgan fingerprint density at radius 1 is 1.11 bits per heavy atom. The highest BCUT2D eigenvalue weighted by molar-refractivity contribution is 7.91. The Balaban J connectivity index is 1.60.